The van der Waals surface area contributed by atoms with Crippen LogP contribution in [0, 0.1) is 0 Å². The number of aromatic nitrogens is 1. The number of hydrogen-bond donors (Lipinski definition) is 1. The minimum Gasteiger partial charge on any atom is -0.397 e. The summed E-state index contributed by atoms with van der Waals surface area (Å²) in [6.07, 6.45) is 3.60. The standard InChI is InChI=1S/C11H18N4/c1-2-14-5-7-15(8-6-14)11-9-13-4-3-10(11)12/h3-4,9H,2,5-8H2,1H3,(H2,12,13). The molecule has 15 heavy (non-hydrogen) atoms. The number of nitrogens with zero attached hydrogens (tertiary/aromatic N) is 3. The summed E-state index contributed by atoms with van der Waals surface area (Å²) in [4.78, 5) is 8.89. The number of piperazine rings is 1. The van der Waals surface area contributed by atoms with Gasteiger partial charge in [-0.25, -0.2) is 0 Å². The van der Waals surface area contributed by atoms with Crippen molar-refractivity contribution >= 4 is 11.4 Å². The van der Waals surface area contributed by atoms with Gasteiger partial charge in [0, 0.05) is 32.4 Å². The fourth-order valence-corrected chi connectivity index (χ4v) is 1.97. The second-order valence-electron chi connectivity index (χ2n) is 3.86. The lowest BCUT2D eigenvalue weighted by molar-refractivity contribution is 0.271. The zero-order valence-corrected chi connectivity index (χ0v) is 9.19. The Bertz CT molecular complexity index is 318. The van der Waals surface area contributed by atoms with Crippen LogP contribution in [0.2, 0.25) is 0 Å². The zero-order chi connectivity index (χ0) is 10.7. The molecule has 1 aromatic heterocycles. The third-order valence-electron chi connectivity index (χ3n) is 2.99. The molecule has 0 saturated carbocycles. The second-order valence-corrected chi connectivity index (χ2v) is 3.86. The molecule has 0 unspecified atom stereocenters. The van der Waals surface area contributed by atoms with E-state index in [0.717, 1.165) is 44.1 Å². The van der Waals surface area contributed by atoms with E-state index in [2.05, 4.69) is 21.7 Å². The molecule has 82 valence electrons. The van der Waals surface area contributed by atoms with Gasteiger partial charge in [-0.15, -0.1) is 0 Å². The largest absolute Gasteiger partial charge is 0.397 e. The lowest BCUT2D eigenvalue weighted by Crippen LogP contribution is -2.46. The fourth-order valence-electron chi connectivity index (χ4n) is 1.97. The molecular weight excluding hydrogens is 188 g/mol. The van der Waals surface area contributed by atoms with Crippen LogP contribution < -0.4 is 10.6 Å². The Balaban J connectivity index is 2.04. The number of nitrogens with two attached hydrogens (primary N) is 1. The first-order valence-corrected chi connectivity index (χ1v) is 5.48. The van der Waals surface area contributed by atoms with Gasteiger partial charge < -0.3 is 15.5 Å². The molecule has 0 radical (unpaired) electrons. The minimum absolute atomic E-state index is 0.829. The number of hydrogen-bond acceptors (Lipinski definition) is 4. The van der Waals surface area contributed by atoms with E-state index >= 15 is 0 Å². The van der Waals surface area contributed by atoms with Crippen LogP contribution in [0.4, 0.5) is 11.4 Å². The first-order valence-electron chi connectivity index (χ1n) is 5.48. The smallest absolute Gasteiger partial charge is 0.0787 e. The summed E-state index contributed by atoms with van der Waals surface area (Å²) in [5, 5.41) is 0. The van der Waals surface area contributed by atoms with Crippen molar-refractivity contribution in [1.29, 1.82) is 0 Å². The summed E-state index contributed by atoms with van der Waals surface area (Å²) in [6.45, 7) is 7.66. The third-order valence-corrected chi connectivity index (χ3v) is 2.99. The predicted molar refractivity (Wildman–Crippen MR) is 63.0 cm³/mol. The average Bonchev–Trinajstić information content (AvgIpc) is 2.30. The van der Waals surface area contributed by atoms with Crippen molar-refractivity contribution in [2.75, 3.05) is 43.4 Å². The molecule has 4 heteroatoms. The van der Waals surface area contributed by atoms with Crippen LogP contribution in [-0.4, -0.2) is 42.6 Å². The Hall–Kier alpha value is -1.29. The van der Waals surface area contributed by atoms with E-state index in [9.17, 15) is 0 Å². The predicted octanol–water partition coefficient (Wildman–Crippen LogP) is 0.806. The van der Waals surface area contributed by atoms with Crippen molar-refractivity contribution in [3.05, 3.63) is 18.5 Å². The SMILES string of the molecule is CCN1CCN(c2cnccc2N)CC1. The minimum atomic E-state index is 0.829. The molecule has 0 aromatic carbocycles. The molecule has 0 aliphatic carbocycles. The molecule has 0 spiro atoms. The maximum Gasteiger partial charge on any atom is 0.0787 e. The van der Waals surface area contributed by atoms with Crippen molar-refractivity contribution in [3.8, 4) is 0 Å². The summed E-state index contributed by atoms with van der Waals surface area (Å²) in [5.74, 6) is 0. The van der Waals surface area contributed by atoms with E-state index in [0.29, 0.717) is 0 Å². The molecule has 1 fully saturated rings. The van der Waals surface area contributed by atoms with Crippen LogP contribution in [0.25, 0.3) is 0 Å². The lowest BCUT2D eigenvalue weighted by Gasteiger charge is -2.35. The van der Waals surface area contributed by atoms with E-state index in [1.54, 1.807) is 6.20 Å². The van der Waals surface area contributed by atoms with Crippen molar-refractivity contribution in [2.24, 2.45) is 0 Å². The average molecular weight is 206 g/mol. The molecule has 0 atom stereocenters. The van der Waals surface area contributed by atoms with Crippen molar-refractivity contribution in [2.45, 2.75) is 6.92 Å². The van der Waals surface area contributed by atoms with Crippen LogP contribution in [0.1, 0.15) is 6.92 Å². The fraction of sp³-hybridized carbons (Fsp3) is 0.545. The highest BCUT2D eigenvalue weighted by molar-refractivity contribution is 5.65. The van der Waals surface area contributed by atoms with Crippen LogP contribution in [0.5, 0.6) is 0 Å². The monoisotopic (exact) mass is 206 g/mol. The molecule has 2 rings (SSSR count). The zero-order valence-electron chi connectivity index (χ0n) is 9.19. The van der Waals surface area contributed by atoms with Gasteiger partial charge in [0.2, 0.25) is 0 Å². The highest BCUT2D eigenvalue weighted by atomic mass is 15.3. The van der Waals surface area contributed by atoms with Gasteiger partial charge in [0.15, 0.2) is 0 Å². The number of nitrogen functional groups attached to an aromatic ring is 1. The number of rotatable bonds is 2. The summed E-state index contributed by atoms with van der Waals surface area (Å²) in [6, 6.07) is 1.86. The van der Waals surface area contributed by atoms with Gasteiger partial charge in [-0.3, -0.25) is 4.98 Å². The van der Waals surface area contributed by atoms with Gasteiger partial charge in [-0.05, 0) is 12.6 Å². The molecule has 2 heterocycles. The molecule has 0 bridgehead atoms. The lowest BCUT2D eigenvalue weighted by atomic mass is 10.2. The third kappa shape index (κ3) is 2.21. The Morgan fingerprint density at radius 3 is 2.67 bits per heavy atom. The van der Waals surface area contributed by atoms with Gasteiger partial charge in [0.25, 0.3) is 0 Å². The second kappa shape index (κ2) is 4.49. The summed E-state index contributed by atoms with van der Waals surface area (Å²) >= 11 is 0. The Morgan fingerprint density at radius 1 is 1.33 bits per heavy atom. The van der Waals surface area contributed by atoms with Gasteiger partial charge in [-0.2, -0.15) is 0 Å². The molecular formula is C11H18N4. The molecule has 4 nitrogen and oxygen atoms in total. The molecule has 1 aliphatic rings. The van der Waals surface area contributed by atoms with E-state index in [4.69, 9.17) is 5.73 Å². The quantitative estimate of drug-likeness (QED) is 0.777. The number of anilines is 2. The number of likely N-dealkylation sites (N-methyl/N-ethyl adjacent to an activating group) is 1. The van der Waals surface area contributed by atoms with E-state index in [1.165, 1.54) is 0 Å². The molecule has 0 amide bonds. The Labute approximate surface area is 90.7 Å². The van der Waals surface area contributed by atoms with Crippen LogP contribution >= 0.6 is 0 Å². The topological polar surface area (TPSA) is 45.4 Å². The molecule has 1 aliphatic heterocycles. The maximum atomic E-state index is 5.92. The summed E-state index contributed by atoms with van der Waals surface area (Å²) < 4.78 is 0. The molecule has 2 N–H and O–H groups in total. The van der Waals surface area contributed by atoms with Gasteiger partial charge in [0.05, 0.1) is 17.6 Å². The highest BCUT2D eigenvalue weighted by Crippen LogP contribution is 2.22. The van der Waals surface area contributed by atoms with Crippen LogP contribution in [-0.2, 0) is 0 Å². The Morgan fingerprint density at radius 2 is 2.07 bits per heavy atom. The first-order chi connectivity index (χ1) is 7.31. The van der Waals surface area contributed by atoms with E-state index in [1.807, 2.05) is 12.3 Å². The Kier molecular flexibility index (Phi) is 3.06. The van der Waals surface area contributed by atoms with Crippen LogP contribution in [0.15, 0.2) is 18.5 Å². The number of pyridine rings is 1. The van der Waals surface area contributed by atoms with Gasteiger partial charge >= 0.3 is 0 Å². The highest BCUT2D eigenvalue weighted by Gasteiger charge is 2.17. The maximum absolute atomic E-state index is 5.92. The summed E-state index contributed by atoms with van der Waals surface area (Å²) in [7, 11) is 0. The normalized spacial score (nSPS) is 18.1. The van der Waals surface area contributed by atoms with Gasteiger partial charge in [-0.1, -0.05) is 6.92 Å². The summed E-state index contributed by atoms with van der Waals surface area (Å²) in [5.41, 5.74) is 7.83. The van der Waals surface area contributed by atoms with E-state index < -0.39 is 0 Å². The van der Waals surface area contributed by atoms with Crippen molar-refractivity contribution in [3.63, 3.8) is 0 Å². The first kappa shape index (κ1) is 10.2. The van der Waals surface area contributed by atoms with E-state index in [-0.39, 0.29) is 0 Å². The van der Waals surface area contributed by atoms with Crippen LogP contribution in [0.3, 0.4) is 0 Å². The van der Waals surface area contributed by atoms with Crippen molar-refractivity contribution in [1.82, 2.24) is 9.88 Å². The molecule has 1 saturated heterocycles. The molecule has 1 aromatic rings. The van der Waals surface area contributed by atoms with Crippen molar-refractivity contribution < 1.29 is 0 Å². The van der Waals surface area contributed by atoms with Gasteiger partial charge in [0.1, 0.15) is 0 Å².